The minimum atomic E-state index is -0.154. The van der Waals surface area contributed by atoms with Gasteiger partial charge in [0, 0.05) is 15.7 Å². The number of halogens is 1. The van der Waals surface area contributed by atoms with Crippen molar-refractivity contribution in [2.75, 3.05) is 18.9 Å². The zero-order valence-corrected chi connectivity index (χ0v) is 16.0. The number of likely N-dealkylation sites (N-methyl/N-ethyl adjacent to an activating group) is 1. The van der Waals surface area contributed by atoms with E-state index < -0.39 is 0 Å². The number of carbonyl (C=O) groups is 1. The number of hydrogen-bond acceptors (Lipinski definition) is 6. The highest BCUT2D eigenvalue weighted by atomic mass is 79.9. The zero-order valence-electron chi connectivity index (χ0n) is 14.4. The summed E-state index contributed by atoms with van der Waals surface area (Å²) in [7, 11) is 1.81. The maximum atomic E-state index is 12.1. The molecule has 0 aliphatic heterocycles. The Morgan fingerprint density at radius 1 is 1.19 bits per heavy atom. The molecule has 0 saturated heterocycles. The number of pyridine rings is 1. The summed E-state index contributed by atoms with van der Waals surface area (Å²) in [6, 6.07) is 13.1. The molecule has 2 heterocycles. The van der Waals surface area contributed by atoms with Crippen LogP contribution in [-0.2, 0) is 11.3 Å². The van der Waals surface area contributed by atoms with Gasteiger partial charge >= 0.3 is 0 Å². The maximum Gasteiger partial charge on any atom is 0.247 e. The smallest absolute Gasteiger partial charge is 0.247 e. The largest absolute Gasteiger partial charge is 0.419 e. The molecule has 3 aromatic rings. The van der Waals surface area contributed by atoms with Crippen LogP contribution in [0.5, 0.6) is 0 Å². The number of amides is 1. The van der Waals surface area contributed by atoms with Crippen LogP contribution in [0, 0.1) is 6.92 Å². The molecule has 0 aliphatic rings. The molecule has 0 saturated carbocycles. The Morgan fingerprint density at radius 3 is 2.69 bits per heavy atom. The Labute approximate surface area is 159 Å². The highest BCUT2D eigenvalue weighted by Gasteiger charge is 2.13. The Kier molecular flexibility index (Phi) is 5.75. The molecule has 2 aromatic heterocycles. The summed E-state index contributed by atoms with van der Waals surface area (Å²) in [5.74, 6) is 1.29. The van der Waals surface area contributed by atoms with Gasteiger partial charge in [0.2, 0.25) is 17.7 Å². The Balaban J connectivity index is 1.55. The average Bonchev–Trinajstić information content (AvgIpc) is 3.03. The lowest BCUT2D eigenvalue weighted by molar-refractivity contribution is -0.117. The van der Waals surface area contributed by atoms with E-state index in [1.807, 2.05) is 50.4 Å². The van der Waals surface area contributed by atoms with Gasteiger partial charge in [-0.15, -0.1) is 10.2 Å². The van der Waals surface area contributed by atoms with E-state index in [0.717, 1.165) is 15.7 Å². The van der Waals surface area contributed by atoms with Crippen molar-refractivity contribution in [2.45, 2.75) is 13.5 Å². The number of rotatable bonds is 6. The van der Waals surface area contributed by atoms with Crippen molar-refractivity contribution in [2.24, 2.45) is 0 Å². The third kappa shape index (κ3) is 4.96. The predicted molar refractivity (Wildman–Crippen MR) is 101 cm³/mol. The molecule has 1 N–H and O–H groups in total. The highest BCUT2D eigenvalue weighted by molar-refractivity contribution is 9.10. The number of aromatic nitrogens is 3. The molecule has 0 unspecified atom stereocenters. The second kappa shape index (κ2) is 8.20. The molecular weight excluding hydrogens is 398 g/mol. The molecule has 1 aromatic carbocycles. The molecule has 0 aliphatic carbocycles. The van der Waals surface area contributed by atoms with Crippen LogP contribution in [0.1, 0.15) is 11.6 Å². The quantitative estimate of drug-likeness (QED) is 0.664. The second-order valence-corrected chi connectivity index (χ2v) is 6.81. The molecule has 134 valence electrons. The standard InChI is InChI=1S/C18H18BrN5O2/c1-12-4-3-5-15(20-12)21-16(25)10-24(2)11-17-22-23-18(26-17)13-6-8-14(19)9-7-13/h3-9H,10-11H2,1-2H3,(H,20,21,25). The van der Waals surface area contributed by atoms with Gasteiger partial charge in [0.25, 0.3) is 0 Å². The monoisotopic (exact) mass is 415 g/mol. The third-order valence-electron chi connectivity index (χ3n) is 3.53. The first-order chi connectivity index (χ1) is 12.5. The fourth-order valence-electron chi connectivity index (χ4n) is 2.35. The van der Waals surface area contributed by atoms with Crippen molar-refractivity contribution in [3.05, 3.63) is 58.5 Å². The van der Waals surface area contributed by atoms with Gasteiger partial charge in [-0.05, 0) is 50.4 Å². The lowest BCUT2D eigenvalue weighted by Gasteiger charge is -2.13. The van der Waals surface area contributed by atoms with Crippen LogP contribution in [0.2, 0.25) is 0 Å². The molecule has 7 nitrogen and oxygen atoms in total. The van der Waals surface area contributed by atoms with E-state index in [4.69, 9.17) is 4.42 Å². The third-order valence-corrected chi connectivity index (χ3v) is 4.06. The van der Waals surface area contributed by atoms with E-state index in [2.05, 4.69) is 36.4 Å². The zero-order chi connectivity index (χ0) is 18.5. The van der Waals surface area contributed by atoms with Crippen LogP contribution in [0.15, 0.2) is 51.4 Å². The van der Waals surface area contributed by atoms with Gasteiger partial charge in [-0.2, -0.15) is 0 Å². The van der Waals surface area contributed by atoms with Crippen LogP contribution in [0.4, 0.5) is 5.82 Å². The van der Waals surface area contributed by atoms with Gasteiger partial charge < -0.3 is 9.73 Å². The lowest BCUT2D eigenvalue weighted by atomic mass is 10.2. The van der Waals surface area contributed by atoms with Gasteiger partial charge in [0.1, 0.15) is 5.82 Å². The fraction of sp³-hybridized carbons (Fsp3) is 0.222. The summed E-state index contributed by atoms with van der Waals surface area (Å²) < 4.78 is 6.65. The van der Waals surface area contributed by atoms with E-state index in [9.17, 15) is 4.79 Å². The summed E-state index contributed by atoms with van der Waals surface area (Å²) in [5.41, 5.74) is 1.69. The molecule has 0 bridgehead atoms. The van der Waals surface area contributed by atoms with E-state index >= 15 is 0 Å². The van der Waals surface area contributed by atoms with Crippen LogP contribution in [0.3, 0.4) is 0 Å². The van der Waals surface area contributed by atoms with Crippen LogP contribution >= 0.6 is 15.9 Å². The van der Waals surface area contributed by atoms with Gasteiger partial charge in [-0.1, -0.05) is 22.0 Å². The van der Waals surface area contributed by atoms with Crippen LogP contribution in [-0.4, -0.2) is 39.6 Å². The summed E-state index contributed by atoms with van der Waals surface area (Å²) in [4.78, 5) is 18.2. The maximum absolute atomic E-state index is 12.1. The first kappa shape index (κ1) is 18.2. The number of benzene rings is 1. The molecule has 8 heteroatoms. The Morgan fingerprint density at radius 2 is 1.96 bits per heavy atom. The van der Waals surface area contributed by atoms with Crippen molar-refractivity contribution in [3.8, 4) is 11.5 Å². The number of anilines is 1. The van der Waals surface area contributed by atoms with E-state index in [0.29, 0.717) is 24.1 Å². The minimum absolute atomic E-state index is 0.154. The number of nitrogens with zero attached hydrogens (tertiary/aromatic N) is 4. The SMILES string of the molecule is Cc1cccc(NC(=O)CN(C)Cc2nnc(-c3ccc(Br)cc3)o2)n1. The molecule has 1 amide bonds. The molecule has 0 spiro atoms. The average molecular weight is 416 g/mol. The molecule has 26 heavy (non-hydrogen) atoms. The molecule has 0 radical (unpaired) electrons. The number of hydrogen-bond donors (Lipinski definition) is 1. The van der Waals surface area contributed by atoms with Gasteiger partial charge in [0.15, 0.2) is 0 Å². The number of carbonyl (C=O) groups excluding carboxylic acids is 1. The number of aryl methyl sites for hydroxylation is 1. The van der Waals surface area contributed by atoms with E-state index in [1.165, 1.54) is 0 Å². The van der Waals surface area contributed by atoms with Gasteiger partial charge in [-0.25, -0.2) is 4.98 Å². The fourth-order valence-corrected chi connectivity index (χ4v) is 2.62. The van der Waals surface area contributed by atoms with Crippen molar-refractivity contribution >= 4 is 27.7 Å². The predicted octanol–water partition coefficient (Wildman–Crippen LogP) is 3.27. The van der Waals surface area contributed by atoms with Crippen molar-refractivity contribution in [3.63, 3.8) is 0 Å². The first-order valence-corrected chi connectivity index (χ1v) is 8.79. The first-order valence-electron chi connectivity index (χ1n) is 8.00. The van der Waals surface area contributed by atoms with E-state index in [1.54, 1.807) is 11.0 Å². The van der Waals surface area contributed by atoms with Gasteiger partial charge in [0.05, 0.1) is 13.1 Å². The Hall–Kier alpha value is -2.58. The minimum Gasteiger partial charge on any atom is -0.419 e. The number of nitrogens with one attached hydrogen (secondary N) is 1. The topological polar surface area (TPSA) is 84.2 Å². The molecule has 0 atom stereocenters. The molecule has 3 rings (SSSR count). The summed E-state index contributed by atoms with van der Waals surface area (Å²) in [6.45, 7) is 2.43. The van der Waals surface area contributed by atoms with Crippen molar-refractivity contribution in [1.82, 2.24) is 20.1 Å². The van der Waals surface area contributed by atoms with E-state index in [-0.39, 0.29) is 12.5 Å². The summed E-state index contributed by atoms with van der Waals surface area (Å²) >= 11 is 3.39. The highest BCUT2D eigenvalue weighted by Crippen LogP contribution is 2.20. The van der Waals surface area contributed by atoms with Crippen molar-refractivity contribution in [1.29, 1.82) is 0 Å². The molecule has 0 fully saturated rings. The van der Waals surface area contributed by atoms with Crippen LogP contribution in [0.25, 0.3) is 11.5 Å². The van der Waals surface area contributed by atoms with Gasteiger partial charge in [-0.3, -0.25) is 9.69 Å². The normalized spacial score (nSPS) is 10.9. The van der Waals surface area contributed by atoms with Crippen LogP contribution < -0.4 is 5.32 Å². The molecular formula is C18H18BrN5O2. The lowest BCUT2D eigenvalue weighted by Crippen LogP contribution is -2.30. The summed E-state index contributed by atoms with van der Waals surface area (Å²) in [6.07, 6.45) is 0. The summed E-state index contributed by atoms with van der Waals surface area (Å²) in [5, 5.41) is 10.9. The second-order valence-electron chi connectivity index (χ2n) is 5.89. The van der Waals surface area contributed by atoms with Crippen molar-refractivity contribution < 1.29 is 9.21 Å². The Bertz CT molecular complexity index is 895.